The van der Waals surface area contributed by atoms with E-state index < -0.39 is 11.4 Å². The standard InChI is InChI=1S/C13H18ClN3O3/c1-4-13(2,12(15)17-19)16-11(18)9-7-8(14)5-6-10(9)20-3/h5-7,19H,4H2,1-3H3,(H2,15,17)(H,16,18). The first-order valence-electron chi connectivity index (χ1n) is 6.02. The number of hydrogen-bond acceptors (Lipinski definition) is 4. The van der Waals surface area contributed by atoms with Crippen LogP contribution in [0, 0.1) is 0 Å². The first kappa shape index (κ1) is 16.1. The van der Waals surface area contributed by atoms with Crippen molar-refractivity contribution < 1.29 is 14.7 Å². The highest BCUT2D eigenvalue weighted by molar-refractivity contribution is 6.31. The summed E-state index contributed by atoms with van der Waals surface area (Å²) in [5.41, 5.74) is 4.94. The number of hydrogen-bond donors (Lipinski definition) is 3. The predicted octanol–water partition coefficient (Wildman–Crippen LogP) is 1.99. The van der Waals surface area contributed by atoms with Gasteiger partial charge in [0.15, 0.2) is 5.84 Å². The van der Waals surface area contributed by atoms with Crippen LogP contribution in [0.15, 0.2) is 23.4 Å². The Balaban J connectivity index is 3.10. The molecule has 0 aliphatic carbocycles. The second kappa shape index (κ2) is 6.47. The lowest BCUT2D eigenvalue weighted by molar-refractivity contribution is 0.0922. The van der Waals surface area contributed by atoms with Gasteiger partial charge in [-0.3, -0.25) is 4.79 Å². The first-order chi connectivity index (χ1) is 9.37. The van der Waals surface area contributed by atoms with Gasteiger partial charge in [0.1, 0.15) is 5.75 Å². The maximum atomic E-state index is 12.3. The van der Waals surface area contributed by atoms with E-state index in [2.05, 4.69) is 10.5 Å². The second-order valence-electron chi connectivity index (χ2n) is 4.47. The van der Waals surface area contributed by atoms with Crippen LogP contribution in [-0.4, -0.2) is 29.6 Å². The van der Waals surface area contributed by atoms with Crippen molar-refractivity contribution >= 4 is 23.3 Å². The smallest absolute Gasteiger partial charge is 0.255 e. The molecule has 7 heteroatoms. The van der Waals surface area contributed by atoms with E-state index in [4.69, 9.17) is 27.3 Å². The largest absolute Gasteiger partial charge is 0.496 e. The fraction of sp³-hybridized carbons (Fsp3) is 0.385. The van der Waals surface area contributed by atoms with E-state index >= 15 is 0 Å². The molecule has 1 unspecified atom stereocenters. The van der Waals surface area contributed by atoms with Crippen molar-refractivity contribution in [1.82, 2.24) is 5.32 Å². The predicted molar refractivity (Wildman–Crippen MR) is 77.6 cm³/mol. The highest BCUT2D eigenvalue weighted by Crippen LogP contribution is 2.23. The number of amides is 1. The Bertz CT molecular complexity index is 534. The van der Waals surface area contributed by atoms with Crippen molar-refractivity contribution in [1.29, 1.82) is 0 Å². The van der Waals surface area contributed by atoms with Crippen molar-refractivity contribution in [3.63, 3.8) is 0 Å². The van der Waals surface area contributed by atoms with Crippen LogP contribution in [0.5, 0.6) is 5.75 Å². The lowest BCUT2D eigenvalue weighted by Gasteiger charge is -2.28. The molecule has 4 N–H and O–H groups in total. The molecular weight excluding hydrogens is 282 g/mol. The topological polar surface area (TPSA) is 96.9 Å². The molecule has 1 amide bonds. The maximum absolute atomic E-state index is 12.3. The Morgan fingerprint density at radius 3 is 2.75 bits per heavy atom. The third kappa shape index (κ3) is 3.33. The number of amidine groups is 1. The van der Waals surface area contributed by atoms with Crippen LogP contribution in [0.2, 0.25) is 5.02 Å². The molecule has 1 atom stereocenters. The second-order valence-corrected chi connectivity index (χ2v) is 4.91. The lowest BCUT2D eigenvalue weighted by Crippen LogP contribution is -2.55. The molecule has 0 heterocycles. The van der Waals surface area contributed by atoms with Crippen molar-refractivity contribution in [3.8, 4) is 5.75 Å². The van der Waals surface area contributed by atoms with Gasteiger partial charge >= 0.3 is 0 Å². The zero-order valence-electron chi connectivity index (χ0n) is 11.6. The average molecular weight is 300 g/mol. The molecule has 0 aliphatic heterocycles. The van der Waals surface area contributed by atoms with Crippen LogP contribution in [0.1, 0.15) is 30.6 Å². The molecule has 0 radical (unpaired) electrons. The molecule has 0 saturated heterocycles. The summed E-state index contributed by atoms with van der Waals surface area (Å²) in [5.74, 6) is -0.0977. The summed E-state index contributed by atoms with van der Waals surface area (Å²) < 4.78 is 5.13. The number of ether oxygens (including phenoxy) is 1. The SMILES string of the molecule is CCC(C)(NC(=O)c1cc(Cl)ccc1OC)/C(N)=N/O. The molecule has 1 rings (SSSR count). The minimum Gasteiger partial charge on any atom is -0.496 e. The first-order valence-corrected chi connectivity index (χ1v) is 6.39. The quantitative estimate of drug-likeness (QED) is 0.335. The fourth-order valence-corrected chi connectivity index (χ4v) is 1.79. The molecule has 0 aromatic heterocycles. The zero-order chi connectivity index (χ0) is 15.3. The van der Waals surface area contributed by atoms with Crippen LogP contribution >= 0.6 is 11.6 Å². The van der Waals surface area contributed by atoms with E-state index in [-0.39, 0.29) is 11.4 Å². The Morgan fingerprint density at radius 1 is 1.60 bits per heavy atom. The number of nitrogens with one attached hydrogen (secondary N) is 1. The molecular formula is C13H18ClN3O3. The monoisotopic (exact) mass is 299 g/mol. The third-order valence-corrected chi connectivity index (χ3v) is 3.41. The normalized spacial score (nSPS) is 14.5. The summed E-state index contributed by atoms with van der Waals surface area (Å²) in [7, 11) is 1.46. The summed E-state index contributed by atoms with van der Waals surface area (Å²) in [6, 6.07) is 4.72. The number of carbonyl (C=O) groups excluding carboxylic acids is 1. The Morgan fingerprint density at radius 2 is 2.25 bits per heavy atom. The van der Waals surface area contributed by atoms with Gasteiger partial charge in [0.2, 0.25) is 0 Å². The van der Waals surface area contributed by atoms with Crippen LogP contribution in [0.3, 0.4) is 0 Å². The molecule has 110 valence electrons. The molecule has 1 aromatic rings. The average Bonchev–Trinajstić information content (AvgIpc) is 2.45. The lowest BCUT2D eigenvalue weighted by atomic mass is 9.96. The van der Waals surface area contributed by atoms with Gasteiger partial charge in [-0.1, -0.05) is 23.7 Å². The molecule has 20 heavy (non-hydrogen) atoms. The van der Waals surface area contributed by atoms with E-state index in [0.29, 0.717) is 17.2 Å². The number of oxime groups is 1. The highest BCUT2D eigenvalue weighted by Gasteiger charge is 2.30. The number of carbonyl (C=O) groups is 1. The summed E-state index contributed by atoms with van der Waals surface area (Å²) >= 11 is 5.89. The third-order valence-electron chi connectivity index (χ3n) is 3.18. The van der Waals surface area contributed by atoms with Gasteiger partial charge in [-0.05, 0) is 31.5 Å². The number of benzene rings is 1. The fourth-order valence-electron chi connectivity index (χ4n) is 1.62. The van der Waals surface area contributed by atoms with Crippen molar-refractivity contribution in [2.45, 2.75) is 25.8 Å². The van der Waals surface area contributed by atoms with E-state index in [1.54, 1.807) is 19.1 Å². The van der Waals surface area contributed by atoms with Gasteiger partial charge in [0.05, 0.1) is 18.2 Å². The molecule has 0 bridgehead atoms. The Labute approximate surface area is 122 Å². The minimum atomic E-state index is -0.959. The zero-order valence-corrected chi connectivity index (χ0v) is 12.4. The highest BCUT2D eigenvalue weighted by atomic mass is 35.5. The van der Waals surface area contributed by atoms with Crippen LogP contribution in [0.4, 0.5) is 0 Å². The van der Waals surface area contributed by atoms with Gasteiger partial charge in [-0.2, -0.15) is 0 Å². The van der Waals surface area contributed by atoms with Gasteiger partial charge in [-0.15, -0.1) is 0 Å². The molecule has 0 fully saturated rings. The van der Waals surface area contributed by atoms with Crippen LogP contribution in [0.25, 0.3) is 0 Å². The van der Waals surface area contributed by atoms with Crippen molar-refractivity contribution in [2.24, 2.45) is 10.9 Å². The van der Waals surface area contributed by atoms with Gasteiger partial charge in [-0.25, -0.2) is 0 Å². The van der Waals surface area contributed by atoms with Gasteiger partial charge in [0, 0.05) is 5.02 Å². The van der Waals surface area contributed by atoms with E-state index in [9.17, 15) is 4.79 Å². The summed E-state index contributed by atoms with van der Waals surface area (Å²) in [6.45, 7) is 3.48. The van der Waals surface area contributed by atoms with E-state index in [1.165, 1.54) is 13.2 Å². The van der Waals surface area contributed by atoms with E-state index in [1.807, 2.05) is 6.92 Å². The van der Waals surface area contributed by atoms with E-state index in [0.717, 1.165) is 0 Å². The maximum Gasteiger partial charge on any atom is 0.255 e. The molecule has 0 spiro atoms. The van der Waals surface area contributed by atoms with Gasteiger partial charge < -0.3 is 21.0 Å². The number of nitrogens with two attached hydrogens (primary N) is 1. The summed E-state index contributed by atoms with van der Waals surface area (Å²) in [5, 5.41) is 14.9. The van der Waals surface area contributed by atoms with Crippen molar-refractivity contribution in [2.75, 3.05) is 7.11 Å². The van der Waals surface area contributed by atoms with Crippen molar-refractivity contribution in [3.05, 3.63) is 28.8 Å². The number of rotatable bonds is 5. The van der Waals surface area contributed by atoms with Crippen LogP contribution in [-0.2, 0) is 0 Å². The molecule has 1 aromatic carbocycles. The molecule has 0 saturated carbocycles. The minimum absolute atomic E-state index is 0.0747. The number of halogens is 1. The Hall–Kier alpha value is -1.95. The van der Waals surface area contributed by atoms with Gasteiger partial charge in [0.25, 0.3) is 5.91 Å². The number of methoxy groups -OCH3 is 1. The molecule has 6 nitrogen and oxygen atoms in total. The number of nitrogens with zero attached hydrogens (tertiary/aromatic N) is 1. The summed E-state index contributed by atoms with van der Waals surface area (Å²) in [6.07, 6.45) is 0.456. The Kier molecular flexibility index (Phi) is 5.21. The van der Waals surface area contributed by atoms with Crippen LogP contribution < -0.4 is 15.8 Å². The summed E-state index contributed by atoms with van der Waals surface area (Å²) in [4.78, 5) is 12.3. The molecule has 0 aliphatic rings.